The number of hydrogen-bond acceptors (Lipinski definition) is 3. The third kappa shape index (κ3) is 4.02. The smallest absolute Gasteiger partial charge is 0.279 e. The second-order valence-electron chi connectivity index (χ2n) is 5.82. The van der Waals surface area contributed by atoms with Crippen LogP contribution in [0, 0.1) is 0 Å². The third-order valence-corrected chi connectivity index (χ3v) is 4.16. The Morgan fingerprint density at radius 2 is 1.70 bits per heavy atom. The minimum Gasteiger partial charge on any atom is -0.506 e. The van der Waals surface area contributed by atoms with Gasteiger partial charge in [-0.25, -0.2) is 0 Å². The molecule has 5 heteroatoms. The summed E-state index contributed by atoms with van der Waals surface area (Å²) in [6.07, 6.45) is 0. The molecule has 0 unspecified atom stereocenters. The molecule has 23 heavy (non-hydrogen) atoms. The molecule has 3 rings (SSSR count). The van der Waals surface area contributed by atoms with Crippen LogP contribution in [0.1, 0.15) is 0 Å². The van der Waals surface area contributed by atoms with Crippen molar-refractivity contribution < 1.29 is 14.8 Å². The highest BCUT2D eigenvalue weighted by Gasteiger charge is 2.23. The van der Waals surface area contributed by atoms with Crippen molar-refractivity contribution in [1.29, 1.82) is 0 Å². The number of amides is 1. The molecular weight excluding hydrogens is 290 g/mol. The lowest BCUT2D eigenvalue weighted by molar-refractivity contribution is -0.892. The van der Waals surface area contributed by atoms with E-state index in [9.17, 15) is 9.90 Å². The highest BCUT2D eigenvalue weighted by Crippen LogP contribution is 2.25. The van der Waals surface area contributed by atoms with Crippen molar-refractivity contribution in [3.05, 3.63) is 54.6 Å². The summed E-state index contributed by atoms with van der Waals surface area (Å²) in [5.74, 6) is 0.361. The van der Waals surface area contributed by atoms with Crippen LogP contribution >= 0.6 is 0 Å². The van der Waals surface area contributed by atoms with Gasteiger partial charge in [-0.05, 0) is 24.3 Å². The molecule has 5 nitrogen and oxygen atoms in total. The average molecular weight is 312 g/mol. The van der Waals surface area contributed by atoms with Crippen molar-refractivity contribution in [2.45, 2.75) is 0 Å². The van der Waals surface area contributed by atoms with Crippen LogP contribution in [0.4, 0.5) is 11.4 Å². The summed E-state index contributed by atoms with van der Waals surface area (Å²) < 4.78 is 0. The standard InChI is InChI=1S/C18H21N3O2/c22-17-9-5-4-8-16(17)21-12-10-20(11-13-21)14-18(23)19-15-6-2-1-3-7-15/h1-9,22H,10-14H2,(H,19,23)/p+1. The predicted octanol–water partition coefficient (Wildman–Crippen LogP) is 0.736. The van der Waals surface area contributed by atoms with Crippen LogP contribution in [0.5, 0.6) is 5.75 Å². The second kappa shape index (κ2) is 7.15. The molecule has 0 radical (unpaired) electrons. The Kier molecular flexibility index (Phi) is 4.78. The number of phenols is 1. The van der Waals surface area contributed by atoms with E-state index in [4.69, 9.17) is 0 Å². The monoisotopic (exact) mass is 312 g/mol. The van der Waals surface area contributed by atoms with Gasteiger partial charge in [-0.2, -0.15) is 0 Å². The number of carbonyl (C=O) groups excluding carboxylic acids is 1. The number of rotatable bonds is 4. The zero-order chi connectivity index (χ0) is 16.1. The zero-order valence-electron chi connectivity index (χ0n) is 13.0. The van der Waals surface area contributed by atoms with Gasteiger partial charge in [0.25, 0.3) is 5.91 Å². The second-order valence-corrected chi connectivity index (χ2v) is 5.82. The van der Waals surface area contributed by atoms with Crippen LogP contribution < -0.4 is 15.1 Å². The molecule has 1 heterocycles. The first-order valence-corrected chi connectivity index (χ1v) is 7.94. The molecule has 1 aliphatic heterocycles. The van der Waals surface area contributed by atoms with E-state index in [2.05, 4.69) is 10.2 Å². The Hall–Kier alpha value is -2.53. The van der Waals surface area contributed by atoms with Crippen molar-refractivity contribution in [2.75, 3.05) is 42.9 Å². The van der Waals surface area contributed by atoms with Gasteiger partial charge < -0.3 is 20.2 Å². The normalized spacial score (nSPS) is 15.4. The fourth-order valence-corrected chi connectivity index (χ4v) is 2.93. The molecular formula is C18H22N3O2+. The zero-order valence-corrected chi connectivity index (χ0v) is 13.0. The van der Waals surface area contributed by atoms with Crippen LogP contribution in [0.15, 0.2) is 54.6 Å². The number of aromatic hydroxyl groups is 1. The van der Waals surface area contributed by atoms with E-state index in [0.717, 1.165) is 37.6 Å². The number of hydrogen-bond donors (Lipinski definition) is 3. The maximum absolute atomic E-state index is 12.1. The molecule has 3 N–H and O–H groups in total. The van der Waals surface area contributed by atoms with Gasteiger partial charge in [-0.3, -0.25) is 4.79 Å². The third-order valence-electron chi connectivity index (χ3n) is 4.16. The molecule has 120 valence electrons. The fraction of sp³-hybridized carbons (Fsp3) is 0.278. The van der Waals surface area contributed by atoms with Crippen molar-refractivity contribution >= 4 is 17.3 Å². The predicted molar refractivity (Wildman–Crippen MR) is 91.0 cm³/mol. The summed E-state index contributed by atoms with van der Waals surface area (Å²) in [5, 5.41) is 12.9. The van der Waals surface area contributed by atoms with Gasteiger partial charge in [-0.15, -0.1) is 0 Å². The molecule has 0 atom stereocenters. The number of phenolic OH excluding ortho intramolecular Hbond substituents is 1. The summed E-state index contributed by atoms with van der Waals surface area (Å²) in [7, 11) is 0. The van der Waals surface area contributed by atoms with E-state index in [1.54, 1.807) is 6.07 Å². The van der Waals surface area contributed by atoms with Crippen LogP contribution in [0.25, 0.3) is 0 Å². The number of carbonyl (C=O) groups is 1. The maximum Gasteiger partial charge on any atom is 0.279 e. The Labute approximate surface area is 136 Å². The number of quaternary nitrogens is 1. The molecule has 0 aliphatic carbocycles. The summed E-state index contributed by atoms with van der Waals surface area (Å²) >= 11 is 0. The van der Waals surface area contributed by atoms with Gasteiger partial charge >= 0.3 is 0 Å². The summed E-state index contributed by atoms with van der Waals surface area (Å²) in [4.78, 5) is 15.5. The number of para-hydroxylation sites is 3. The van der Waals surface area contributed by atoms with E-state index < -0.39 is 0 Å². The van der Waals surface area contributed by atoms with E-state index >= 15 is 0 Å². The maximum atomic E-state index is 12.1. The van der Waals surface area contributed by atoms with Crippen LogP contribution in [-0.2, 0) is 4.79 Å². The van der Waals surface area contributed by atoms with Gasteiger partial charge in [0, 0.05) is 5.69 Å². The Morgan fingerprint density at radius 1 is 1.04 bits per heavy atom. The molecule has 1 saturated heterocycles. The van der Waals surface area contributed by atoms with Crippen molar-refractivity contribution in [2.24, 2.45) is 0 Å². The number of nitrogens with one attached hydrogen (secondary N) is 2. The minimum atomic E-state index is 0.0437. The van der Waals surface area contributed by atoms with Gasteiger partial charge in [-0.1, -0.05) is 30.3 Å². The molecule has 2 aromatic rings. The Balaban J connectivity index is 1.49. The largest absolute Gasteiger partial charge is 0.506 e. The van der Waals surface area contributed by atoms with Crippen molar-refractivity contribution in [3.8, 4) is 5.75 Å². The number of nitrogens with zero attached hydrogens (tertiary/aromatic N) is 1. The van der Waals surface area contributed by atoms with Gasteiger partial charge in [0.2, 0.25) is 0 Å². The average Bonchev–Trinajstić information content (AvgIpc) is 2.57. The van der Waals surface area contributed by atoms with Crippen LogP contribution in [0.2, 0.25) is 0 Å². The fourth-order valence-electron chi connectivity index (χ4n) is 2.93. The van der Waals surface area contributed by atoms with E-state index in [0.29, 0.717) is 12.3 Å². The highest BCUT2D eigenvalue weighted by molar-refractivity contribution is 5.91. The van der Waals surface area contributed by atoms with E-state index in [1.165, 1.54) is 4.90 Å². The molecule has 0 aromatic heterocycles. The molecule has 0 saturated carbocycles. The quantitative estimate of drug-likeness (QED) is 0.780. The topological polar surface area (TPSA) is 57.0 Å². The summed E-state index contributed by atoms with van der Waals surface area (Å²) in [6.45, 7) is 3.92. The summed E-state index contributed by atoms with van der Waals surface area (Å²) in [5.41, 5.74) is 1.71. The highest BCUT2D eigenvalue weighted by atomic mass is 16.3. The first-order chi connectivity index (χ1) is 11.2. The molecule has 1 amide bonds. The molecule has 1 fully saturated rings. The minimum absolute atomic E-state index is 0.0437. The van der Waals surface area contributed by atoms with E-state index in [-0.39, 0.29) is 5.91 Å². The van der Waals surface area contributed by atoms with Crippen molar-refractivity contribution in [3.63, 3.8) is 0 Å². The summed E-state index contributed by atoms with van der Waals surface area (Å²) in [6, 6.07) is 16.9. The SMILES string of the molecule is O=C(C[NH+]1CCN(c2ccccc2O)CC1)Nc1ccccc1. The molecule has 2 aromatic carbocycles. The Bertz CT molecular complexity index is 652. The lowest BCUT2D eigenvalue weighted by atomic mass is 10.2. The van der Waals surface area contributed by atoms with Gasteiger partial charge in [0.1, 0.15) is 5.75 Å². The van der Waals surface area contributed by atoms with Crippen LogP contribution in [0.3, 0.4) is 0 Å². The lowest BCUT2D eigenvalue weighted by Gasteiger charge is -2.33. The molecule has 1 aliphatic rings. The van der Waals surface area contributed by atoms with Crippen LogP contribution in [-0.4, -0.2) is 43.7 Å². The van der Waals surface area contributed by atoms with Gasteiger partial charge in [0.05, 0.1) is 31.9 Å². The lowest BCUT2D eigenvalue weighted by Crippen LogP contribution is -3.15. The molecule has 0 spiro atoms. The first kappa shape index (κ1) is 15.4. The van der Waals surface area contributed by atoms with Crippen molar-refractivity contribution in [1.82, 2.24) is 0 Å². The number of anilines is 2. The molecule has 0 bridgehead atoms. The van der Waals surface area contributed by atoms with Gasteiger partial charge in [0.15, 0.2) is 6.54 Å². The van der Waals surface area contributed by atoms with E-state index in [1.807, 2.05) is 48.5 Å². The number of benzene rings is 2. The Morgan fingerprint density at radius 3 is 2.39 bits per heavy atom. The number of piperazine rings is 1. The first-order valence-electron chi connectivity index (χ1n) is 7.94.